The molecule has 0 N–H and O–H groups in total. The van der Waals surface area contributed by atoms with E-state index in [0.717, 1.165) is 47.5 Å². The number of aromatic nitrogens is 1. The zero-order valence-electron chi connectivity index (χ0n) is 16.5. The van der Waals surface area contributed by atoms with Crippen molar-refractivity contribution in [2.75, 3.05) is 6.54 Å². The molecule has 0 radical (unpaired) electrons. The first-order valence-corrected chi connectivity index (χ1v) is 10.8. The maximum atomic E-state index is 11.0. The van der Waals surface area contributed by atoms with Gasteiger partial charge in [0.2, 0.25) is 4.80 Å². The summed E-state index contributed by atoms with van der Waals surface area (Å²) in [6, 6.07) is 15.0. The van der Waals surface area contributed by atoms with E-state index in [2.05, 4.69) is 35.8 Å². The summed E-state index contributed by atoms with van der Waals surface area (Å²) in [5.74, 6) is 0. The topological polar surface area (TPSA) is 72.8 Å². The van der Waals surface area contributed by atoms with Crippen molar-refractivity contribution in [1.82, 2.24) is 4.68 Å². The molecule has 1 aliphatic rings. The van der Waals surface area contributed by atoms with Crippen molar-refractivity contribution >= 4 is 22.7 Å². The third-order valence-electron chi connectivity index (χ3n) is 5.07. The molecular weight excluding hydrogens is 396 g/mol. The van der Waals surface area contributed by atoms with E-state index in [1.807, 2.05) is 10.1 Å². The third-order valence-corrected chi connectivity index (χ3v) is 5.93. The largest absolute Gasteiger partial charge is 0.269 e. The van der Waals surface area contributed by atoms with E-state index < -0.39 is 0 Å². The standard InChI is InChI=1S/C23H22N4O2S/c1-2-15-24-23-26(22(16-30-23)18-11-13-19(14-12-18)27(28)29)25-21-10-6-4-8-17-7-3-5-9-20(17)21/h2-3,5,7,9,11-14,16H,1,4,6,8,10,15H2. The molecule has 6 nitrogen and oxygen atoms in total. The number of nitrogens with zero attached hydrogens (tertiary/aromatic N) is 4. The summed E-state index contributed by atoms with van der Waals surface area (Å²) in [7, 11) is 0. The lowest BCUT2D eigenvalue weighted by Crippen LogP contribution is -2.16. The van der Waals surface area contributed by atoms with E-state index in [0.29, 0.717) is 6.54 Å². The summed E-state index contributed by atoms with van der Waals surface area (Å²) in [4.78, 5) is 16.0. The van der Waals surface area contributed by atoms with Gasteiger partial charge in [-0.2, -0.15) is 5.10 Å². The molecule has 1 heterocycles. The van der Waals surface area contributed by atoms with E-state index in [1.165, 1.54) is 34.6 Å². The fourth-order valence-corrected chi connectivity index (χ4v) is 4.43. The lowest BCUT2D eigenvalue weighted by Gasteiger charge is -2.10. The molecule has 1 aliphatic carbocycles. The molecule has 0 bridgehead atoms. The molecule has 0 aliphatic heterocycles. The molecule has 3 aromatic rings. The molecule has 30 heavy (non-hydrogen) atoms. The van der Waals surface area contributed by atoms with Crippen LogP contribution in [-0.4, -0.2) is 21.9 Å². The van der Waals surface area contributed by atoms with Gasteiger partial charge in [-0.25, -0.2) is 4.68 Å². The Morgan fingerprint density at radius 3 is 2.67 bits per heavy atom. The van der Waals surface area contributed by atoms with Crippen LogP contribution in [0.3, 0.4) is 0 Å². The Labute approximate surface area is 178 Å². The van der Waals surface area contributed by atoms with Crippen LogP contribution < -0.4 is 4.80 Å². The summed E-state index contributed by atoms with van der Waals surface area (Å²) < 4.78 is 1.87. The van der Waals surface area contributed by atoms with Crippen LogP contribution in [0.15, 0.2) is 76.7 Å². The van der Waals surface area contributed by atoms with E-state index >= 15 is 0 Å². The molecular formula is C23H22N4O2S. The van der Waals surface area contributed by atoms with Crippen LogP contribution in [0.1, 0.15) is 30.4 Å². The monoisotopic (exact) mass is 418 g/mol. The quantitative estimate of drug-likeness (QED) is 0.247. The van der Waals surface area contributed by atoms with Gasteiger partial charge in [0.25, 0.3) is 5.69 Å². The van der Waals surface area contributed by atoms with Gasteiger partial charge >= 0.3 is 0 Å². The Bertz CT molecular complexity index is 1170. The maximum absolute atomic E-state index is 11.0. The highest BCUT2D eigenvalue weighted by Gasteiger charge is 2.16. The van der Waals surface area contributed by atoms with Crippen LogP contribution in [0.25, 0.3) is 11.3 Å². The average Bonchev–Trinajstić information content (AvgIpc) is 3.05. The van der Waals surface area contributed by atoms with Crippen molar-refractivity contribution in [2.45, 2.75) is 25.7 Å². The lowest BCUT2D eigenvalue weighted by atomic mass is 10.0. The summed E-state index contributed by atoms with van der Waals surface area (Å²) in [6.45, 7) is 4.26. The van der Waals surface area contributed by atoms with Crippen LogP contribution in [0.2, 0.25) is 0 Å². The van der Waals surface area contributed by atoms with E-state index in [4.69, 9.17) is 5.10 Å². The van der Waals surface area contributed by atoms with Gasteiger partial charge in [0.1, 0.15) is 0 Å². The number of thiazole rings is 1. The number of nitro benzene ring substituents is 1. The molecule has 7 heteroatoms. The van der Waals surface area contributed by atoms with Gasteiger partial charge in [0, 0.05) is 28.6 Å². The molecule has 4 rings (SSSR count). The summed E-state index contributed by atoms with van der Waals surface area (Å²) in [6.07, 6.45) is 5.95. The first-order valence-electron chi connectivity index (χ1n) is 9.90. The van der Waals surface area contributed by atoms with Crippen molar-refractivity contribution in [3.63, 3.8) is 0 Å². The highest BCUT2D eigenvalue weighted by atomic mass is 32.1. The fraction of sp³-hybridized carbons (Fsp3) is 0.217. The van der Waals surface area contributed by atoms with Crippen LogP contribution in [0, 0.1) is 10.1 Å². The Kier molecular flexibility index (Phi) is 5.99. The van der Waals surface area contributed by atoms with Gasteiger partial charge < -0.3 is 0 Å². The van der Waals surface area contributed by atoms with Crippen LogP contribution in [0.4, 0.5) is 5.69 Å². The smallest absolute Gasteiger partial charge is 0.258 e. The SMILES string of the molecule is C=CCN=c1scc(-c2ccc([N+](=O)[O-])cc2)n1N=C1CCCCc2ccccc21. The van der Waals surface area contributed by atoms with E-state index in [9.17, 15) is 10.1 Å². The van der Waals surface area contributed by atoms with Crippen molar-refractivity contribution in [2.24, 2.45) is 10.1 Å². The van der Waals surface area contributed by atoms with Crippen molar-refractivity contribution in [1.29, 1.82) is 0 Å². The van der Waals surface area contributed by atoms with E-state index in [-0.39, 0.29) is 10.6 Å². The van der Waals surface area contributed by atoms with Crippen LogP contribution in [0.5, 0.6) is 0 Å². The number of aryl methyl sites for hydroxylation is 1. The molecule has 2 aromatic carbocycles. The first kappa shape index (κ1) is 20.0. The maximum Gasteiger partial charge on any atom is 0.269 e. The van der Waals surface area contributed by atoms with Gasteiger partial charge in [-0.15, -0.1) is 17.9 Å². The minimum Gasteiger partial charge on any atom is -0.258 e. The number of hydrogen-bond acceptors (Lipinski definition) is 5. The number of benzene rings is 2. The average molecular weight is 419 g/mol. The molecule has 1 aromatic heterocycles. The number of hydrogen-bond donors (Lipinski definition) is 0. The van der Waals surface area contributed by atoms with Gasteiger partial charge in [0.05, 0.1) is 22.9 Å². The van der Waals surface area contributed by atoms with Gasteiger partial charge in [-0.05, 0) is 43.4 Å². The van der Waals surface area contributed by atoms with Gasteiger partial charge in [0.15, 0.2) is 0 Å². The van der Waals surface area contributed by atoms with Crippen molar-refractivity contribution in [3.05, 3.63) is 92.6 Å². The Morgan fingerprint density at radius 1 is 1.13 bits per heavy atom. The van der Waals surface area contributed by atoms with Gasteiger partial charge in [-0.3, -0.25) is 15.1 Å². The summed E-state index contributed by atoms with van der Waals surface area (Å²) >= 11 is 1.50. The fourth-order valence-electron chi connectivity index (χ4n) is 3.59. The molecule has 152 valence electrons. The lowest BCUT2D eigenvalue weighted by molar-refractivity contribution is -0.384. The zero-order chi connectivity index (χ0) is 20.9. The second-order valence-corrected chi connectivity index (χ2v) is 7.90. The number of fused-ring (bicyclic) bond motifs is 1. The normalized spacial score (nSPS) is 15.6. The van der Waals surface area contributed by atoms with Crippen molar-refractivity contribution < 1.29 is 4.92 Å². The molecule has 0 amide bonds. The van der Waals surface area contributed by atoms with Crippen LogP contribution in [-0.2, 0) is 6.42 Å². The first-order chi connectivity index (χ1) is 14.7. The Hall–Kier alpha value is -3.32. The second kappa shape index (κ2) is 9.00. The Morgan fingerprint density at radius 2 is 1.90 bits per heavy atom. The predicted molar refractivity (Wildman–Crippen MR) is 121 cm³/mol. The predicted octanol–water partition coefficient (Wildman–Crippen LogP) is 5.19. The molecule has 0 spiro atoms. The zero-order valence-corrected chi connectivity index (χ0v) is 17.3. The minimum absolute atomic E-state index is 0.0705. The van der Waals surface area contributed by atoms with E-state index in [1.54, 1.807) is 18.2 Å². The summed E-state index contributed by atoms with van der Waals surface area (Å²) in [5, 5.41) is 18.1. The molecule has 0 unspecified atom stereocenters. The number of non-ortho nitro benzene ring substituents is 1. The Balaban J connectivity index is 1.86. The highest BCUT2D eigenvalue weighted by Crippen LogP contribution is 2.25. The second-order valence-electron chi connectivity index (χ2n) is 7.06. The summed E-state index contributed by atoms with van der Waals surface area (Å²) in [5.41, 5.74) is 5.37. The van der Waals surface area contributed by atoms with Crippen molar-refractivity contribution in [3.8, 4) is 11.3 Å². The molecule has 0 saturated heterocycles. The molecule has 0 fully saturated rings. The van der Waals surface area contributed by atoms with Gasteiger partial charge in [-0.1, -0.05) is 30.3 Å². The number of rotatable bonds is 5. The molecule has 0 atom stereocenters. The number of nitro groups is 1. The van der Waals surface area contributed by atoms with Crippen LogP contribution >= 0.6 is 11.3 Å². The minimum atomic E-state index is -0.390. The molecule has 0 saturated carbocycles. The highest BCUT2D eigenvalue weighted by molar-refractivity contribution is 7.07. The third kappa shape index (κ3) is 4.16.